The van der Waals surface area contributed by atoms with Crippen molar-refractivity contribution in [1.82, 2.24) is 10.3 Å². The van der Waals surface area contributed by atoms with E-state index in [0.717, 1.165) is 25.9 Å². The average molecular weight is 480 g/mol. The minimum atomic E-state index is -2.53. The fraction of sp³-hybridized carbons (Fsp3) is 0.407. The highest BCUT2D eigenvalue weighted by atomic mass is 19.1. The number of halogens is 1. The van der Waals surface area contributed by atoms with E-state index >= 15 is 0 Å². The van der Waals surface area contributed by atoms with Gasteiger partial charge in [-0.2, -0.15) is 0 Å². The number of anilines is 1. The first-order chi connectivity index (χ1) is 16.5. The van der Waals surface area contributed by atoms with Gasteiger partial charge in [0.2, 0.25) is 0 Å². The number of allylic oxidation sites excluding steroid dienone is 1. The first-order valence-corrected chi connectivity index (χ1v) is 11.7. The number of nitrogen functional groups attached to an aromatic ring is 1. The molecule has 0 amide bonds. The number of nitrogens with zero attached hydrogens (tertiary/aromatic N) is 2. The molecule has 0 bridgehead atoms. The summed E-state index contributed by atoms with van der Waals surface area (Å²) >= 11 is 0. The number of hydrogen-bond donors (Lipinski definition) is 5. The van der Waals surface area contributed by atoms with Gasteiger partial charge in [0.15, 0.2) is 5.79 Å². The largest absolute Gasteiger partial charge is 0.404 e. The minimum Gasteiger partial charge on any atom is -0.404 e. The van der Waals surface area contributed by atoms with Crippen LogP contribution in [-0.4, -0.2) is 40.5 Å². The molecule has 2 heterocycles. The molecule has 2 aromatic rings. The number of rotatable bonds is 6. The van der Waals surface area contributed by atoms with E-state index in [4.69, 9.17) is 11.5 Å². The fourth-order valence-corrected chi connectivity index (χ4v) is 3.71. The van der Waals surface area contributed by atoms with Crippen LogP contribution >= 0.6 is 0 Å². The monoisotopic (exact) mass is 479 g/mol. The Bertz CT molecular complexity index is 1170. The summed E-state index contributed by atoms with van der Waals surface area (Å²) in [6.45, 7) is 7.71. The molecule has 0 radical (unpaired) electrons. The van der Waals surface area contributed by atoms with Crippen molar-refractivity contribution < 1.29 is 14.6 Å². The van der Waals surface area contributed by atoms with Crippen molar-refractivity contribution in [1.29, 1.82) is 0 Å². The van der Waals surface area contributed by atoms with E-state index in [-0.39, 0.29) is 29.3 Å². The van der Waals surface area contributed by atoms with Gasteiger partial charge in [-0.25, -0.2) is 9.37 Å². The van der Waals surface area contributed by atoms with Gasteiger partial charge in [-0.15, -0.1) is 0 Å². The zero-order valence-corrected chi connectivity index (χ0v) is 20.5. The van der Waals surface area contributed by atoms with Gasteiger partial charge in [0.05, 0.1) is 6.04 Å². The van der Waals surface area contributed by atoms with Crippen LogP contribution in [0.3, 0.4) is 0 Å². The SMILES string of the molecule is CC(C)(C)C#Cc1ccc(F)c(C(O)(O)Cc2cc(C(C=NC3CCNCC3)=CN)cnc2N)c1. The lowest BCUT2D eigenvalue weighted by atomic mass is 9.94. The molecule has 3 rings (SSSR count). The predicted octanol–water partition coefficient (Wildman–Crippen LogP) is 2.70. The van der Waals surface area contributed by atoms with E-state index in [1.807, 2.05) is 20.8 Å². The number of aliphatic hydroxyl groups is 2. The van der Waals surface area contributed by atoms with Gasteiger partial charge in [0.1, 0.15) is 11.6 Å². The van der Waals surface area contributed by atoms with Gasteiger partial charge in [-0.3, -0.25) is 4.99 Å². The van der Waals surface area contributed by atoms with E-state index in [9.17, 15) is 14.6 Å². The number of nitrogens with two attached hydrogens (primary N) is 2. The Hall–Kier alpha value is -3.25. The number of hydrogen-bond acceptors (Lipinski definition) is 7. The molecule has 186 valence electrons. The third kappa shape index (κ3) is 7.36. The Morgan fingerprint density at radius 2 is 1.97 bits per heavy atom. The Morgan fingerprint density at radius 1 is 1.26 bits per heavy atom. The van der Waals surface area contributed by atoms with Gasteiger partial charge >= 0.3 is 0 Å². The van der Waals surface area contributed by atoms with Gasteiger partial charge < -0.3 is 27.0 Å². The maximum absolute atomic E-state index is 14.6. The number of benzene rings is 1. The van der Waals surface area contributed by atoms with Crippen LogP contribution in [0.15, 0.2) is 41.7 Å². The van der Waals surface area contributed by atoms with Gasteiger partial charge in [-0.05, 0) is 71.0 Å². The van der Waals surface area contributed by atoms with Crippen LogP contribution in [0.2, 0.25) is 0 Å². The topological polar surface area (TPSA) is 130 Å². The highest BCUT2D eigenvalue weighted by Gasteiger charge is 2.31. The Balaban J connectivity index is 1.87. The standard InChI is InChI=1S/C27H34FN5O2/c1-26(2,3)9-6-18-4-5-24(28)23(12-18)27(34,35)14-19-13-20(16-33-25(19)30)21(15-29)17-32-22-7-10-31-11-8-22/h4-5,12-13,15-17,22,31,34-35H,7-8,10-11,14,29H2,1-3H3,(H2,30,33). The molecule has 1 saturated heterocycles. The van der Waals surface area contributed by atoms with Crippen molar-refractivity contribution in [2.75, 3.05) is 18.8 Å². The maximum Gasteiger partial charge on any atom is 0.197 e. The fourth-order valence-electron chi connectivity index (χ4n) is 3.71. The average Bonchev–Trinajstić information content (AvgIpc) is 2.80. The van der Waals surface area contributed by atoms with Crippen LogP contribution in [-0.2, 0) is 12.2 Å². The second kappa shape index (κ2) is 11.0. The normalized spacial score (nSPS) is 15.8. The second-order valence-electron chi connectivity index (χ2n) is 9.84. The molecule has 1 aromatic heterocycles. The Labute approximate surface area is 206 Å². The quantitative estimate of drug-likeness (QED) is 0.246. The maximum atomic E-state index is 14.6. The van der Waals surface area contributed by atoms with Crippen molar-refractivity contribution in [3.8, 4) is 11.8 Å². The van der Waals surface area contributed by atoms with E-state index in [0.29, 0.717) is 22.3 Å². The summed E-state index contributed by atoms with van der Waals surface area (Å²) in [6.07, 6.45) is 6.18. The first kappa shape index (κ1) is 26.4. The molecular formula is C27H34FN5O2. The Kier molecular flexibility index (Phi) is 8.28. The summed E-state index contributed by atoms with van der Waals surface area (Å²) in [6, 6.07) is 5.90. The summed E-state index contributed by atoms with van der Waals surface area (Å²) in [5, 5.41) is 25.0. The minimum absolute atomic E-state index is 0.108. The van der Waals surface area contributed by atoms with Crippen molar-refractivity contribution in [2.45, 2.75) is 51.9 Å². The number of aromatic nitrogens is 1. The van der Waals surface area contributed by atoms with Crippen LogP contribution in [0.4, 0.5) is 10.2 Å². The molecule has 1 aliphatic rings. The van der Waals surface area contributed by atoms with Gasteiger partial charge in [0, 0.05) is 58.3 Å². The number of pyridine rings is 1. The lowest BCUT2D eigenvalue weighted by Gasteiger charge is -2.24. The van der Waals surface area contributed by atoms with E-state index in [1.54, 1.807) is 18.5 Å². The second-order valence-corrected chi connectivity index (χ2v) is 9.84. The molecule has 35 heavy (non-hydrogen) atoms. The molecule has 7 nitrogen and oxygen atoms in total. The first-order valence-electron chi connectivity index (χ1n) is 11.7. The number of piperidine rings is 1. The zero-order valence-electron chi connectivity index (χ0n) is 20.5. The number of nitrogens with one attached hydrogen (secondary N) is 1. The van der Waals surface area contributed by atoms with E-state index < -0.39 is 11.6 Å². The lowest BCUT2D eigenvalue weighted by Crippen LogP contribution is -2.30. The highest BCUT2D eigenvalue weighted by molar-refractivity contribution is 6.09. The van der Waals surface area contributed by atoms with Crippen LogP contribution in [0.25, 0.3) is 5.57 Å². The third-order valence-corrected chi connectivity index (χ3v) is 5.66. The van der Waals surface area contributed by atoms with Crippen molar-refractivity contribution >= 4 is 17.6 Å². The van der Waals surface area contributed by atoms with Gasteiger partial charge in [0.25, 0.3) is 0 Å². The van der Waals surface area contributed by atoms with Crippen LogP contribution < -0.4 is 16.8 Å². The van der Waals surface area contributed by atoms with E-state index in [2.05, 4.69) is 27.1 Å². The zero-order chi connectivity index (χ0) is 25.6. The van der Waals surface area contributed by atoms with E-state index in [1.165, 1.54) is 24.4 Å². The van der Waals surface area contributed by atoms with Gasteiger partial charge in [-0.1, -0.05) is 11.8 Å². The predicted molar refractivity (Wildman–Crippen MR) is 138 cm³/mol. The lowest BCUT2D eigenvalue weighted by molar-refractivity contribution is -0.170. The third-order valence-electron chi connectivity index (χ3n) is 5.66. The molecule has 1 aromatic carbocycles. The summed E-state index contributed by atoms with van der Waals surface area (Å²) in [5.74, 6) is 2.83. The smallest absolute Gasteiger partial charge is 0.197 e. The highest BCUT2D eigenvalue weighted by Crippen LogP contribution is 2.29. The van der Waals surface area contributed by atoms with Crippen LogP contribution in [0.5, 0.6) is 0 Å². The molecule has 1 aliphatic heterocycles. The summed E-state index contributed by atoms with van der Waals surface area (Å²) < 4.78 is 14.6. The van der Waals surface area contributed by atoms with Crippen molar-refractivity contribution in [3.05, 3.63) is 64.7 Å². The van der Waals surface area contributed by atoms with Crippen LogP contribution in [0, 0.1) is 23.1 Å². The summed E-state index contributed by atoms with van der Waals surface area (Å²) in [7, 11) is 0. The molecule has 0 saturated carbocycles. The molecule has 0 spiro atoms. The summed E-state index contributed by atoms with van der Waals surface area (Å²) in [5.41, 5.74) is 13.4. The molecular weight excluding hydrogens is 445 g/mol. The molecule has 7 N–H and O–H groups in total. The number of aliphatic imine (C=N–C) groups is 1. The molecule has 0 unspecified atom stereocenters. The molecule has 8 heteroatoms. The summed E-state index contributed by atoms with van der Waals surface area (Å²) in [4.78, 5) is 8.82. The molecule has 1 fully saturated rings. The van der Waals surface area contributed by atoms with Crippen molar-refractivity contribution in [2.24, 2.45) is 16.1 Å². The Morgan fingerprint density at radius 3 is 2.63 bits per heavy atom. The molecule has 0 atom stereocenters. The molecule has 0 aliphatic carbocycles. The van der Waals surface area contributed by atoms with Crippen LogP contribution in [0.1, 0.15) is 55.9 Å². The van der Waals surface area contributed by atoms with Crippen molar-refractivity contribution in [3.63, 3.8) is 0 Å².